The number of fused-ring (bicyclic) bond motifs is 3. The minimum Gasteiger partial charge on any atom is -0.266 e. The van der Waals surface area contributed by atoms with E-state index in [4.69, 9.17) is 11.6 Å². The fourth-order valence-corrected chi connectivity index (χ4v) is 4.56. The minimum absolute atomic E-state index is 0.210. The van der Waals surface area contributed by atoms with Crippen molar-refractivity contribution in [3.63, 3.8) is 0 Å². The highest BCUT2D eigenvalue weighted by Gasteiger charge is 2.18. The molecule has 0 aliphatic heterocycles. The molecule has 5 rings (SSSR count). The second-order valence-corrected chi connectivity index (χ2v) is 8.01. The zero-order chi connectivity index (χ0) is 20.0. The van der Waals surface area contributed by atoms with Gasteiger partial charge in [0, 0.05) is 10.6 Å². The third-order valence-corrected chi connectivity index (χ3v) is 6.13. The Balaban J connectivity index is 1.68. The first-order chi connectivity index (χ1) is 14.1. The maximum Gasteiger partial charge on any atom is 0.288 e. The van der Waals surface area contributed by atoms with Crippen molar-refractivity contribution in [1.29, 1.82) is 0 Å². The SMILES string of the molecule is Cc1nc(-c2ccccc2)nc2sc3c(=O)n(Cc4ccccc4Cl)nnc3c12. The Morgan fingerprint density at radius 2 is 1.79 bits per heavy atom. The van der Waals surface area contributed by atoms with Gasteiger partial charge in [-0.3, -0.25) is 4.79 Å². The molecule has 142 valence electrons. The van der Waals surface area contributed by atoms with E-state index < -0.39 is 0 Å². The standard InChI is InChI=1S/C21H14ClN5OS/c1-12-16-17-18(29-20(16)24-19(23-12)13-7-3-2-4-8-13)21(28)27(26-25-17)11-14-9-5-6-10-15(14)22/h2-10H,11H2,1H3. The molecule has 3 aromatic heterocycles. The van der Waals surface area contributed by atoms with Crippen molar-refractivity contribution in [2.24, 2.45) is 0 Å². The van der Waals surface area contributed by atoms with Crippen LogP contribution >= 0.6 is 22.9 Å². The Kier molecular flexibility index (Phi) is 4.34. The summed E-state index contributed by atoms with van der Waals surface area (Å²) in [6.45, 7) is 2.16. The Bertz CT molecular complexity index is 1430. The van der Waals surface area contributed by atoms with E-state index in [1.54, 1.807) is 6.07 Å². The molecule has 0 aliphatic carbocycles. The lowest BCUT2D eigenvalue weighted by Gasteiger charge is -2.05. The summed E-state index contributed by atoms with van der Waals surface area (Å²) in [5.41, 5.74) is 2.85. The fraction of sp³-hybridized carbons (Fsp3) is 0.0952. The number of hydrogen-bond acceptors (Lipinski definition) is 6. The maximum atomic E-state index is 13.1. The van der Waals surface area contributed by atoms with E-state index >= 15 is 0 Å². The summed E-state index contributed by atoms with van der Waals surface area (Å²) in [7, 11) is 0. The molecule has 0 aliphatic rings. The first-order valence-electron chi connectivity index (χ1n) is 8.95. The predicted octanol–water partition coefficient (Wildman–Crippen LogP) is 4.47. The summed E-state index contributed by atoms with van der Waals surface area (Å²) < 4.78 is 1.85. The van der Waals surface area contributed by atoms with Gasteiger partial charge in [0.05, 0.1) is 17.6 Å². The van der Waals surface area contributed by atoms with Crippen LogP contribution in [-0.4, -0.2) is 25.0 Å². The van der Waals surface area contributed by atoms with E-state index in [0.29, 0.717) is 21.1 Å². The summed E-state index contributed by atoms with van der Waals surface area (Å²) in [5.74, 6) is 0.631. The number of halogens is 1. The van der Waals surface area contributed by atoms with E-state index in [0.717, 1.165) is 27.0 Å². The average molecular weight is 420 g/mol. The van der Waals surface area contributed by atoms with Crippen LogP contribution in [0, 0.1) is 6.92 Å². The molecule has 0 atom stereocenters. The second-order valence-electron chi connectivity index (χ2n) is 6.60. The van der Waals surface area contributed by atoms with Crippen LogP contribution in [0.1, 0.15) is 11.3 Å². The Morgan fingerprint density at radius 1 is 1.03 bits per heavy atom. The van der Waals surface area contributed by atoms with Gasteiger partial charge in [-0.25, -0.2) is 14.6 Å². The van der Waals surface area contributed by atoms with Gasteiger partial charge < -0.3 is 0 Å². The number of aromatic nitrogens is 5. The highest BCUT2D eigenvalue weighted by Crippen LogP contribution is 2.32. The highest BCUT2D eigenvalue weighted by atomic mass is 35.5. The molecule has 0 saturated carbocycles. The molecular weight excluding hydrogens is 406 g/mol. The van der Waals surface area contributed by atoms with Crippen molar-refractivity contribution < 1.29 is 0 Å². The third-order valence-electron chi connectivity index (χ3n) is 4.70. The molecule has 5 aromatic rings. The largest absolute Gasteiger partial charge is 0.288 e. The van der Waals surface area contributed by atoms with Crippen molar-refractivity contribution in [2.45, 2.75) is 13.5 Å². The van der Waals surface area contributed by atoms with Crippen molar-refractivity contribution in [3.8, 4) is 11.4 Å². The predicted molar refractivity (Wildman–Crippen MR) is 115 cm³/mol. The van der Waals surface area contributed by atoms with Gasteiger partial charge in [0.2, 0.25) is 0 Å². The summed E-state index contributed by atoms with van der Waals surface area (Å²) in [6, 6.07) is 17.2. The van der Waals surface area contributed by atoms with Crippen molar-refractivity contribution in [1.82, 2.24) is 25.0 Å². The van der Waals surface area contributed by atoms with Crippen LogP contribution < -0.4 is 5.56 Å². The lowest BCUT2D eigenvalue weighted by molar-refractivity contribution is 0.602. The molecule has 0 amide bonds. The maximum absolute atomic E-state index is 13.1. The number of thiophene rings is 1. The quantitative estimate of drug-likeness (QED) is 0.431. The molecule has 0 N–H and O–H groups in total. The third kappa shape index (κ3) is 3.08. The average Bonchev–Trinajstić information content (AvgIpc) is 3.12. The molecule has 3 heterocycles. The lowest BCUT2D eigenvalue weighted by atomic mass is 10.2. The van der Waals surface area contributed by atoms with Crippen molar-refractivity contribution in [2.75, 3.05) is 0 Å². The van der Waals surface area contributed by atoms with E-state index in [1.807, 2.05) is 55.5 Å². The first kappa shape index (κ1) is 17.9. The van der Waals surface area contributed by atoms with E-state index in [9.17, 15) is 4.79 Å². The van der Waals surface area contributed by atoms with Crippen LogP contribution in [0.15, 0.2) is 59.4 Å². The smallest absolute Gasteiger partial charge is 0.266 e. The van der Waals surface area contributed by atoms with Crippen molar-refractivity contribution in [3.05, 3.63) is 81.2 Å². The second kappa shape index (κ2) is 7.02. The lowest BCUT2D eigenvalue weighted by Crippen LogP contribution is -2.24. The number of rotatable bonds is 3. The molecular formula is C21H14ClN5OS. The van der Waals surface area contributed by atoms with Gasteiger partial charge in [0.15, 0.2) is 5.82 Å². The van der Waals surface area contributed by atoms with Crippen LogP contribution in [0.25, 0.3) is 31.8 Å². The number of nitrogens with zero attached hydrogens (tertiary/aromatic N) is 5. The first-order valence-corrected chi connectivity index (χ1v) is 10.1. The summed E-state index contributed by atoms with van der Waals surface area (Å²) in [4.78, 5) is 23.1. The molecule has 6 nitrogen and oxygen atoms in total. The fourth-order valence-electron chi connectivity index (χ4n) is 3.26. The zero-order valence-corrected chi connectivity index (χ0v) is 16.9. The number of hydrogen-bond donors (Lipinski definition) is 0. The minimum atomic E-state index is -0.210. The van der Waals surface area contributed by atoms with Gasteiger partial charge in [-0.05, 0) is 18.6 Å². The van der Waals surface area contributed by atoms with Gasteiger partial charge >= 0.3 is 0 Å². The molecule has 0 unspecified atom stereocenters. The van der Waals surface area contributed by atoms with Gasteiger partial charge in [-0.15, -0.1) is 16.4 Å². The molecule has 29 heavy (non-hydrogen) atoms. The number of aryl methyl sites for hydroxylation is 1. The van der Waals surface area contributed by atoms with Crippen molar-refractivity contribution >= 4 is 43.4 Å². The molecule has 2 aromatic carbocycles. The normalized spacial score (nSPS) is 11.4. The highest BCUT2D eigenvalue weighted by molar-refractivity contribution is 7.25. The van der Waals surface area contributed by atoms with E-state index in [-0.39, 0.29) is 12.1 Å². The Labute approximate surface area is 174 Å². The van der Waals surface area contributed by atoms with Gasteiger partial charge in [0.25, 0.3) is 5.56 Å². The summed E-state index contributed by atoms with van der Waals surface area (Å²) in [5, 5.41) is 9.82. The van der Waals surface area contributed by atoms with Gasteiger partial charge in [-0.2, -0.15) is 0 Å². The molecule has 0 saturated heterocycles. The van der Waals surface area contributed by atoms with Crippen LogP contribution in [0.3, 0.4) is 0 Å². The molecule has 0 spiro atoms. The van der Waals surface area contributed by atoms with Gasteiger partial charge in [0.1, 0.15) is 15.0 Å². The van der Waals surface area contributed by atoms with Crippen LogP contribution in [0.5, 0.6) is 0 Å². The monoisotopic (exact) mass is 419 g/mol. The van der Waals surface area contributed by atoms with Crippen LogP contribution in [-0.2, 0) is 6.54 Å². The molecule has 0 radical (unpaired) electrons. The van der Waals surface area contributed by atoms with Gasteiger partial charge in [-0.1, -0.05) is 65.3 Å². The number of benzene rings is 2. The van der Waals surface area contributed by atoms with E-state index in [2.05, 4.69) is 20.3 Å². The Morgan fingerprint density at radius 3 is 2.59 bits per heavy atom. The molecule has 0 fully saturated rings. The molecule has 8 heteroatoms. The van der Waals surface area contributed by atoms with E-state index in [1.165, 1.54) is 16.0 Å². The Hall–Kier alpha value is -3.16. The van der Waals surface area contributed by atoms with Crippen LogP contribution in [0.2, 0.25) is 5.02 Å². The summed E-state index contributed by atoms with van der Waals surface area (Å²) >= 11 is 7.55. The van der Waals surface area contributed by atoms with Crippen LogP contribution in [0.4, 0.5) is 0 Å². The topological polar surface area (TPSA) is 73.6 Å². The zero-order valence-electron chi connectivity index (χ0n) is 15.3. The molecule has 0 bridgehead atoms. The summed E-state index contributed by atoms with van der Waals surface area (Å²) in [6.07, 6.45) is 0.